The lowest BCUT2D eigenvalue weighted by Crippen LogP contribution is -2.42. The lowest BCUT2D eigenvalue weighted by atomic mass is 10.2. The summed E-state index contributed by atoms with van der Waals surface area (Å²) in [5.41, 5.74) is 1.49. The van der Waals surface area contributed by atoms with Crippen molar-refractivity contribution in [3.63, 3.8) is 0 Å². The van der Waals surface area contributed by atoms with E-state index >= 15 is 0 Å². The van der Waals surface area contributed by atoms with Crippen LogP contribution >= 0.6 is 11.5 Å². The Labute approximate surface area is 181 Å². The van der Waals surface area contributed by atoms with Gasteiger partial charge in [-0.25, -0.2) is 4.79 Å². The van der Waals surface area contributed by atoms with Crippen LogP contribution in [0.15, 0.2) is 64.3 Å². The van der Waals surface area contributed by atoms with E-state index in [1.807, 2.05) is 36.4 Å². The van der Waals surface area contributed by atoms with Gasteiger partial charge in [-0.05, 0) is 42.1 Å². The first kappa shape index (κ1) is 19.4. The number of aromatic nitrogens is 4. The quantitative estimate of drug-likeness (QED) is 0.503. The molecular weight excluding hydrogens is 414 g/mol. The molecule has 1 aromatic carbocycles. The van der Waals surface area contributed by atoms with Crippen molar-refractivity contribution < 1.29 is 4.79 Å². The van der Waals surface area contributed by atoms with Crippen molar-refractivity contribution in [1.29, 1.82) is 0 Å². The first-order valence-electron chi connectivity index (χ1n) is 10.00. The molecule has 0 spiro atoms. The van der Waals surface area contributed by atoms with Crippen molar-refractivity contribution in [3.05, 3.63) is 81.1 Å². The molecule has 3 heterocycles. The van der Waals surface area contributed by atoms with Crippen LogP contribution in [-0.2, 0) is 17.9 Å². The van der Waals surface area contributed by atoms with E-state index in [0.29, 0.717) is 28.1 Å². The minimum Gasteiger partial charge on any atom is -0.350 e. The second kappa shape index (κ2) is 7.92. The van der Waals surface area contributed by atoms with E-state index in [9.17, 15) is 14.4 Å². The summed E-state index contributed by atoms with van der Waals surface area (Å²) in [4.78, 5) is 43.4. The summed E-state index contributed by atoms with van der Waals surface area (Å²) in [6, 6.07) is 14.8. The number of pyridine rings is 1. The lowest BCUT2D eigenvalue weighted by Gasteiger charge is -2.13. The Morgan fingerprint density at radius 3 is 2.58 bits per heavy atom. The Bertz CT molecular complexity index is 1370. The van der Waals surface area contributed by atoms with E-state index in [-0.39, 0.29) is 24.1 Å². The zero-order chi connectivity index (χ0) is 21.4. The van der Waals surface area contributed by atoms with E-state index in [1.165, 1.54) is 9.13 Å². The standard InChI is InChI=1S/C22H19N5O3S/c28-17(24-12-14-6-2-1-3-7-14)13-26-19-18(16-8-4-5-11-23-16)25-31-20(19)21(29)27(22(26)30)15-9-10-15/h1-8,11,15H,9-10,12-13H2,(H,24,28). The Balaban J connectivity index is 1.58. The van der Waals surface area contributed by atoms with Crippen LogP contribution in [0, 0.1) is 0 Å². The second-order valence-corrected chi connectivity index (χ2v) is 8.23. The van der Waals surface area contributed by atoms with Crippen LogP contribution in [0.3, 0.4) is 0 Å². The van der Waals surface area contributed by atoms with Crippen LogP contribution in [0.4, 0.5) is 0 Å². The number of hydrogen-bond donors (Lipinski definition) is 1. The summed E-state index contributed by atoms with van der Waals surface area (Å²) in [5.74, 6) is -0.314. The van der Waals surface area contributed by atoms with E-state index in [1.54, 1.807) is 18.3 Å². The number of hydrogen-bond acceptors (Lipinski definition) is 6. The molecule has 1 saturated carbocycles. The Morgan fingerprint density at radius 2 is 1.87 bits per heavy atom. The van der Waals surface area contributed by atoms with E-state index in [0.717, 1.165) is 29.9 Å². The van der Waals surface area contributed by atoms with Crippen molar-refractivity contribution >= 4 is 27.7 Å². The third-order valence-electron chi connectivity index (χ3n) is 5.24. The molecule has 0 radical (unpaired) electrons. The highest BCUT2D eigenvalue weighted by atomic mass is 32.1. The first-order valence-corrected chi connectivity index (χ1v) is 10.8. The van der Waals surface area contributed by atoms with Crippen LogP contribution in [0.2, 0.25) is 0 Å². The van der Waals surface area contributed by atoms with Crippen molar-refractivity contribution in [2.75, 3.05) is 0 Å². The first-order chi connectivity index (χ1) is 15.1. The zero-order valence-electron chi connectivity index (χ0n) is 16.5. The van der Waals surface area contributed by atoms with Gasteiger partial charge in [0.05, 0.1) is 11.2 Å². The van der Waals surface area contributed by atoms with Gasteiger partial charge in [0.2, 0.25) is 5.91 Å². The topological polar surface area (TPSA) is 98.9 Å². The van der Waals surface area contributed by atoms with Gasteiger partial charge in [0, 0.05) is 18.8 Å². The number of nitrogens with zero attached hydrogens (tertiary/aromatic N) is 4. The maximum absolute atomic E-state index is 13.3. The summed E-state index contributed by atoms with van der Waals surface area (Å²) in [5, 5.41) is 2.85. The minimum atomic E-state index is -0.479. The molecule has 31 heavy (non-hydrogen) atoms. The molecule has 9 heteroatoms. The molecule has 1 fully saturated rings. The fraction of sp³-hybridized carbons (Fsp3) is 0.227. The molecule has 0 bridgehead atoms. The van der Waals surface area contributed by atoms with Crippen molar-refractivity contribution in [2.45, 2.75) is 32.0 Å². The second-order valence-electron chi connectivity index (χ2n) is 7.46. The molecule has 8 nitrogen and oxygen atoms in total. The predicted octanol–water partition coefficient (Wildman–Crippen LogP) is 2.33. The normalized spacial score (nSPS) is 13.4. The molecule has 5 rings (SSSR count). The van der Waals surface area contributed by atoms with Gasteiger partial charge >= 0.3 is 5.69 Å². The molecule has 156 valence electrons. The molecule has 3 aromatic heterocycles. The molecule has 1 aliphatic rings. The van der Waals surface area contributed by atoms with Gasteiger partial charge in [-0.3, -0.25) is 23.7 Å². The molecule has 1 aliphatic carbocycles. The van der Waals surface area contributed by atoms with Crippen LogP contribution < -0.4 is 16.6 Å². The van der Waals surface area contributed by atoms with Crippen molar-refractivity contribution in [1.82, 2.24) is 23.8 Å². The highest BCUT2D eigenvalue weighted by Crippen LogP contribution is 2.34. The maximum Gasteiger partial charge on any atom is 0.332 e. The Kier molecular flexibility index (Phi) is 4.95. The largest absolute Gasteiger partial charge is 0.350 e. The summed E-state index contributed by atoms with van der Waals surface area (Å²) in [7, 11) is 0. The molecule has 4 aromatic rings. The molecule has 0 atom stereocenters. The number of benzene rings is 1. The average molecular weight is 433 g/mol. The number of rotatable bonds is 6. The van der Waals surface area contributed by atoms with E-state index in [2.05, 4.69) is 14.7 Å². The summed E-state index contributed by atoms with van der Waals surface area (Å²) >= 11 is 1.04. The van der Waals surface area contributed by atoms with Gasteiger partial charge in [0.25, 0.3) is 5.56 Å². The average Bonchev–Trinajstić information content (AvgIpc) is 3.53. The van der Waals surface area contributed by atoms with Crippen LogP contribution in [0.1, 0.15) is 24.4 Å². The highest BCUT2D eigenvalue weighted by molar-refractivity contribution is 7.13. The van der Waals surface area contributed by atoms with E-state index in [4.69, 9.17) is 0 Å². The van der Waals surface area contributed by atoms with Crippen LogP contribution in [0.5, 0.6) is 0 Å². The van der Waals surface area contributed by atoms with Gasteiger partial charge in [0.1, 0.15) is 16.9 Å². The minimum absolute atomic E-state index is 0.108. The summed E-state index contributed by atoms with van der Waals surface area (Å²) < 4.78 is 7.42. The Morgan fingerprint density at radius 1 is 1.10 bits per heavy atom. The van der Waals surface area contributed by atoms with Crippen molar-refractivity contribution in [3.8, 4) is 11.4 Å². The maximum atomic E-state index is 13.3. The lowest BCUT2D eigenvalue weighted by molar-refractivity contribution is -0.121. The van der Waals surface area contributed by atoms with Crippen LogP contribution in [-0.4, -0.2) is 24.4 Å². The number of nitrogens with one attached hydrogen (secondary N) is 1. The zero-order valence-corrected chi connectivity index (χ0v) is 17.3. The van der Waals surface area contributed by atoms with E-state index < -0.39 is 5.69 Å². The monoisotopic (exact) mass is 433 g/mol. The van der Waals surface area contributed by atoms with Gasteiger partial charge < -0.3 is 5.32 Å². The third kappa shape index (κ3) is 3.68. The fourth-order valence-corrected chi connectivity index (χ4v) is 4.40. The van der Waals surface area contributed by atoms with Crippen molar-refractivity contribution in [2.24, 2.45) is 0 Å². The van der Waals surface area contributed by atoms with Gasteiger partial charge in [-0.1, -0.05) is 36.4 Å². The predicted molar refractivity (Wildman–Crippen MR) is 118 cm³/mol. The summed E-state index contributed by atoms with van der Waals surface area (Å²) in [6.45, 7) is 0.155. The third-order valence-corrected chi connectivity index (χ3v) is 6.07. The molecule has 1 N–H and O–H groups in total. The van der Waals surface area contributed by atoms with Gasteiger partial charge in [-0.2, -0.15) is 4.37 Å². The van der Waals surface area contributed by atoms with Gasteiger partial charge in [0.15, 0.2) is 0 Å². The molecule has 0 saturated heterocycles. The number of fused-ring (bicyclic) bond motifs is 1. The molecule has 1 amide bonds. The summed E-state index contributed by atoms with van der Waals surface area (Å²) in [6.07, 6.45) is 3.19. The number of amides is 1. The highest BCUT2D eigenvalue weighted by Gasteiger charge is 2.31. The number of carbonyl (C=O) groups excluding carboxylic acids is 1. The smallest absolute Gasteiger partial charge is 0.332 e. The number of carbonyl (C=O) groups is 1. The fourth-order valence-electron chi connectivity index (χ4n) is 3.57. The molecular formula is C22H19N5O3S. The Hall–Kier alpha value is -3.59. The van der Waals surface area contributed by atoms with Crippen LogP contribution in [0.25, 0.3) is 21.6 Å². The molecule has 0 aliphatic heterocycles. The SMILES string of the molecule is O=C(Cn1c(=O)n(C2CC2)c(=O)c2snc(-c3ccccn3)c21)NCc1ccccc1. The van der Waals surface area contributed by atoms with Gasteiger partial charge in [-0.15, -0.1) is 0 Å². The molecule has 0 unspecified atom stereocenters.